The maximum absolute atomic E-state index is 8.82. The summed E-state index contributed by atoms with van der Waals surface area (Å²) in [4.78, 5) is 0. The highest BCUT2D eigenvalue weighted by molar-refractivity contribution is 6.32. The molecular formula is C9H10ClN3. The number of hydrogen-bond acceptors (Lipinski definition) is 3. The fourth-order valence-electron chi connectivity index (χ4n) is 0.972. The predicted octanol–water partition coefficient (Wildman–Crippen LogP) is 2.10. The molecule has 0 spiro atoms. The van der Waals surface area contributed by atoms with Gasteiger partial charge in [0, 0.05) is 14.1 Å². The molecule has 1 aromatic rings. The molecule has 3 nitrogen and oxygen atoms in total. The number of benzene rings is 1. The average molecular weight is 196 g/mol. The SMILES string of the molecule is CN(C)Nc1cccc(Cl)c1C#N. The molecular weight excluding hydrogens is 186 g/mol. The van der Waals surface area contributed by atoms with Crippen LogP contribution in [0.2, 0.25) is 5.02 Å². The minimum atomic E-state index is 0.467. The Bertz CT molecular complexity index is 341. The van der Waals surface area contributed by atoms with Crippen molar-refractivity contribution in [1.82, 2.24) is 5.01 Å². The number of rotatable bonds is 2. The van der Waals surface area contributed by atoms with Crippen molar-refractivity contribution in [2.75, 3.05) is 19.5 Å². The molecule has 0 radical (unpaired) electrons. The fraction of sp³-hybridized carbons (Fsp3) is 0.222. The molecule has 0 heterocycles. The van der Waals surface area contributed by atoms with E-state index >= 15 is 0 Å². The lowest BCUT2D eigenvalue weighted by molar-refractivity contribution is 0.495. The molecule has 0 aromatic heterocycles. The third-order valence-corrected chi connectivity index (χ3v) is 1.78. The molecule has 0 bridgehead atoms. The molecule has 0 atom stereocenters. The summed E-state index contributed by atoms with van der Waals surface area (Å²) in [6, 6.07) is 7.35. The van der Waals surface area contributed by atoms with Crippen molar-refractivity contribution in [1.29, 1.82) is 5.26 Å². The van der Waals surface area contributed by atoms with Gasteiger partial charge in [-0.15, -0.1) is 0 Å². The third-order valence-electron chi connectivity index (χ3n) is 1.47. The summed E-state index contributed by atoms with van der Waals surface area (Å²) in [6.45, 7) is 0. The van der Waals surface area contributed by atoms with Gasteiger partial charge >= 0.3 is 0 Å². The molecule has 68 valence electrons. The lowest BCUT2D eigenvalue weighted by Gasteiger charge is -2.14. The summed E-state index contributed by atoms with van der Waals surface area (Å²) >= 11 is 5.83. The second-order valence-electron chi connectivity index (χ2n) is 2.78. The van der Waals surface area contributed by atoms with E-state index in [2.05, 4.69) is 5.43 Å². The number of anilines is 1. The molecule has 0 aliphatic heterocycles. The number of nitrogens with one attached hydrogen (secondary N) is 1. The van der Waals surface area contributed by atoms with Gasteiger partial charge in [0.25, 0.3) is 0 Å². The maximum atomic E-state index is 8.82. The van der Waals surface area contributed by atoms with Gasteiger partial charge in [-0.25, -0.2) is 5.01 Å². The maximum Gasteiger partial charge on any atom is 0.103 e. The van der Waals surface area contributed by atoms with Gasteiger partial charge in [0.05, 0.1) is 16.3 Å². The summed E-state index contributed by atoms with van der Waals surface area (Å²) in [5, 5.41) is 11.0. The van der Waals surface area contributed by atoms with Gasteiger partial charge in [-0.05, 0) is 12.1 Å². The van der Waals surface area contributed by atoms with Crippen LogP contribution < -0.4 is 5.43 Å². The smallest absolute Gasteiger partial charge is 0.103 e. The van der Waals surface area contributed by atoms with Crippen LogP contribution in [0.15, 0.2) is 18.2 Å². The number of nitriles is 1. The summed E-state index contributed by atoms with van der Waals surface area (Å²) in [6.07, 6.45) is 0. The van der Waals surface area contributed by atoms with Crippen molar-refractivity contribution < 1.29 is 0 Å². The fourth-order valence-corrected chi connectivity index (χ4v) is 1.19. The van der Waals surface area contributed by atoms with Crippen molar-refractivity contribution in [3.8, 4) is 6.07 Å². The minimum absolute atomic E-state index is 0.467. The van der Waals surface area contributed by atoms with Crippen LogP contribution in [0.1, 0.15) is 5.56 Å². The van der Waals surface area contributed by atoms with E-state index in [0.717, 1.165) is 5.69 Å². The molecule has 0 aliphatic rings. The molecule has 0 fully saturated rings. The van der Waals surface area contributed by atoms with E-state index in [9.17, 15) is 0 Å². The van der Waals surface area contributed by atoms with Crippen LogP contribution in [0.25, 0.3) is 0 Å². The second-order valence-corrected chi connectivity index (χ2v) is 3.19. The van der Waals surface area contributed by atoms with Gasteiger partial charge in [0.15, 0.2) is 0 Å². The lowest BCUT2D eigenvalue weighted by atomic mass is 10.2. The van der Waals surface area contributed by atoms with E-state index in [-0.39, 0.29) is 0 Å². The van der Waals surface area contributed by atoms with Gasteiger partial charge < -0.3 is 5.43 Å². The molecule has 0 unspecified atom stereocenters. The van der Waals surface area contributed by atoms with Gasteiger partial charge in [-0.1, -0.05) is 17.7 Å². The Balaban J connectivity index is 3.07. The number of halogens is 1. The second kappa shape index (κ2) is 4.13. The number of hydrogen-bond donors (Lipinski definition) is 1. The molecule has 4 heteroatoms. The molecule has 0 amide bonds. The Morgan fingerprint density at radius 1 is 1.46 bits per heavy atom. The quantitative estimate of drug-likeness (QED) is 0.735. The van der Waals surface area contributed by atoms with Crippen molar-refractivity contribution >= 4 is 17.3 Å². The van der Waals surface area contributed by atoms with Crippen molar-refractivity contribution in [3.63, 3.8) is 0 Å². The van der Waals surface area contributed by atoms with Gasteiger partial charge in [-0.2, -0.15) is 5.26 Å². The minimum Gasteiger partial charge on any atom is -0.318 e. The largest absolute Gasteiger partial charge is 0.318 e. The zero-order valence-corrected chi connectivity index (χ0v) is 8.26. The molecule has 0 aliphatic carbocycles. The lowest BCUT2D eigenvalue weighted by Crippen LogP contribution is -2.20. The van der Waals surface area contributed by atoms with Crippen LogP contribution in [0.5, 0.6) is 0 Å². The molecule has 0 saturated heterocycles. The topological polar surface area (TPSA) is 39.1 Å². The predicted molar refractivity (Wildman–Crippen MR) is 53.5 cm³/mol. The highest BCUT2D eigenvalue weighted by atomic mass is 35.5. The Hall–Kier alpha value is -1.24. The molecule has 13 heavy (non-hydrogen) atoms. The average Bonchev–Trinajstić information content (AvgIpc) is 2.03. The van der Waals surface area contributed by atoms with Gasteiger partial charge in [0.2, 0.25) is 0 Å². The van der Waals surface area contributed by atoms with E-state index in [1.165, 1.54) is 0 Å². The van der Waals surface area contributed by atoms with Crippen LogP contribution in [0.3, 0.4) is 0 Å². The van der Waals surface area contributed by atoms with Crippen LogP contribution >= 0.6 is 11.6 Å². The molecule has 1 rings (SSSR count). The first-order chi connectivity index (χ1) is 6.15. The van der Waals surface area contributed by atoms with E-state index in [0.29, 0.717) is 10.6 Å². The summed E-state index contributed by atoms with van der Waals surface area (Å²) in [5.41, 5.74) is 4.18. The first-order valence-corrected chi connectivity index (χ1v) is 4.15. The van der Waals surface area contributed by atoms with Crippen molar-refractivity contribution in [3.05, 3.63) is 28.8 Å². The molecule has 0 saturated carbocycles. The summed E-state index contributed by atoms with van der Waals surface area (Å²) < 4.78 is 0. The monoisotopic (exact) mass is 195 g/mol. The van der Waals surface area contributed by atoms with Crippen molar-refractivity contribution in [2.24, 2.45) is 0 Å². The Morgan fingerprint density at radius 2 is 2.15 bits per heavy atom. The summed E-state index contributed by atoms with van der Waals surface area (Å²) in [5.74, 6) is 0. The van der Waals surface area contributed by atoms with Gasteiger partial charge in [-0.3, -0.25) is 0 Å². The molecule has 1 N–H and O–H groups in total. The standard InChI is InChI=1S/C9H10ClN3/c1-13(2)12-9-5-3-4-8(10)7(9)6-11/h3-5,12H,1-2H3. The third kappa shape index (κ3) is 2.35. The Labute approximate surface area is 82.5 Å². The van der Waals surface area contributed by atoms with Crippen LogP contribution in [-0.4, -0.2) is 19.1 Å². The van der Waals surface area contributed by atoms with Crippen LogP contribution in [0, 0.1) is 11.3 Å². The zero-order chi connectivity index (χ0) is 9.84. The van der Waals surface area contributed by atoms with E-state index in [1.807, 2.05) is 26.2 Å². The normalized spacial score (nSPS) is 9.77. The highest BCUT2D eigenvalue weighted by Crippen LogP contribution is 2.22. The first-order valence-electron chi connectivity index (χ1n) is 3.77. The van der Waals surface area contributed by atoms with Crippen LogP contribution in [0.4, 0.5) is 5.69 Å². The molecule has 1 aromatic carbocycles. The highest BCUT2D eigenvalue weighted by Gasteiger charge is 2.05. The van der Waals surface area contributed by atoms with Crippen molar-refractivity contribution in [2.45, 2.75) is 0 Å². The van der Waals surface area contributed by atoms with E-state index < -0.39 is 0 Å². The van der Waals surface area contributed by atoms with Gasteiger partial charge in [0.1, 0.15) is 6.07 Å². The Morgan fingerprint density at radius 3 is 2.69 bits per heavy atom. The summed E-state index contributed by atoms with van der Waals surface area (Å²) in [7, 11) is 3.70. The first kappa shape index (κ1) is 9.85. The zero-order valence-electron chi connectivity index (χ0n) is 7.50. The van der Waals surface area contributed by atoms with E-state index in [4.69, 9.17) is 16.9 Å². The van der Waals surface area contributed by atoms with E-state index in [1.54, 1.807) is 17.1 Å². The number of hydrazine groups is 1. The van der Waals surface area contributed by atoms with Crippen LogP contribution in [-0.2, 0) is 0 Å². The Kier molecular flexibility index (Phi) is 3.13. The number of nitrogens with zero attached hydrogens (tertiary/aromatic N) is 2.